The van der Waals surface area contributed by atoms with E-state index in [9.17, 15) is 19.2 Å². The van der Waals surface area contributed by atoms with E-state index in [0.717, 1.165) is 0 Å². The fraction of sp³-hybridized carbons (Fsp3) is 0.447. The summed E-state index contributed by atoms with van der Waals surface area (Å²) < 4.78 is 58.1. The summed E-state index contributed by atoms with van der Waals surface area (Å²) in [6.45, 7) is 3.69. The molecule has 334 valence electrons. The number of ether oxygens (including phenoxy) is 10. The molecule has 0 spiro atoms. The summed E-state index contributed by atoms with van der Waals surface area (Å²) in [7, 11) is 7.43. The van der Waals surface area contributed by atoms with Crippen LogP contribution in [0.25, 0.3) is 12.2 Å². The molecule has 3 heterocycles. The van der Waals surface area contributed by atoms with E-state index in [1.165, 1.54) is 39.6 Å². The van der Waals surface area contributed by atoms with Gasteiger partial charge in [0.25, 0.3) is 0 Å². The minimum Gasteiger partial charge on any atom is -0.497 e. The molecule has 2 fully saturated rings. The maximum Gasteiger partial charge on any atom is 0.335 e. The van der Waals surface area contributed by atoms with E-state index in [4.69, 9.17) is 59.0 Å². The van der Waals surface area contributed by atoms with Crippen LogP contribution in [-0.2, 0) is 57.1 Å². The molecule has 5 rings (SSSR count). The minimum atomic E-state index is -1.24. The van der Waals surface area contributed by atoms with Crippen molar-refractivity contribution in [3.63, 3.8) is 0 Å². The number of rotatable bonds is 15. The van der Waals surface area contributed by atoms with Crippen molar-refractivity contribution in [2.24, 2.45) is 11.8 Å². The third-order valence-electron chi connectivity index (χ3n) is 10.7. The Labute approximate surface area is 367 Å². The number of benzene rings is 2. The molecule has 14 nitrogen and oxygen atoms in total. The SMILES string of the molecule is COC(=O)C[C@@H](C)/C=C/[C@@H](OC)[C@@H]1O[C@@H]2C[C@@H]1OC(=O)[C@@H]1O[C@H](C[C@H]1C)[C@H](OC(=O)/C=C/c1ccc(OC)cc1)[C@H](OC(=O)/C=C/c1ccc(OC)cc1)/C=C/C=C(/Cl)[C@H]2OC. The summed E-state index contributed by atoms with van der Waals surface area (Å²) >= 11 is 6.90. The van der Waals surface area contributed by atoms with E-state index < -0.39 is 78.8 Å². The number of esters is 4. The van der Waals surface area contributed by atoms with Crippen molar-refractivity contribution in [2.75, 3.05) is 35.5 Å². The van der Waals surface area contributed by atoms with Crippen LogP contribution < -0.4 is 9.47 Å². The van der Waals surface area contributed by atoms with Crippen molar-refractivity contribution in [3.8, 4) is 11.5 Å². The lowest BCUT2D eigenvalue weighted by atomic mass is 9.96. The highest BCUT2D eigenvalue weighted by atomic mass is 35.5. The topological polar surface area (TPSA) is 161 Å². The molecule has 4 bridgehead atoms. The molecular weight excluding hydrogens is 824 g/mol. The van der Waals surface area contributed by atoms with Crippen molar-refractivity contribution < 1.29 is 66.5 Å². The quantitative estimate of drug-likeness (QED) is 0.0815. The number of methoxy groups -OCH3 is 5. The van der Waals surface area contributed by atoms with Crippen molar-refractivity contribution >= 4 is 47.6 Å². The Morgan fingerprint density at radius 1 is 0.806 bits per heavy atom. The van der Waals surface area contributed by atoms with Gasteiger partial charge in [0.15, 0.2) is 18.3 Å². The Morgan fingerprint density at radius 2 is 1.42 bits per heavy atom. The number of allylic oxidation sites excluding steroid dienone is 3. The monoisotopic (exact) mass is 878 g/mol. The summed E-state index contributed by atoms with van der Waals surface area (Å²) in [5, 5.41) is 0.220. The zero-order valence-corrected chi connectivity index (χ0v) is 36.6. The maximum atomic E-state index is 14.1. The lowest BCUT2D eigenvalue weighted by molar-refractivity contribution is -0.179. The van der Waals surface area contributed by atoms with Gasteiger partial charge in [0.05, 0.1) is 33.9 Å². The average molecular weight is 879 g/mol. The fourth-order valence-corrected chi connectivity index (χ4v) is 7.70. The highest BCUT2D eigenvalue weighted by molar-refractivity contribution is 6.30. The smallest absolute Gasteiger partial charge is 0.335 e. The zero-order valence-electron chi connectivity index (χ0n) is 35.9. The van der Waals surface area contributed by atoms with E-state index in [0.29, 0.717) is 22.6 Å². The van der Waals surface area contributed by atoms with Crippen molar-refractivity contribution in [3.05, 3.63) is 107 Å². The van der Waals surface area contributed by atoms with Crippen LogP contribution in [0.3, 0.4) is 0 Å². The molecular formula is C47H55ClO14. The molecule has 0 saturated carbocycles. The third-order valence-corrected chi connectivity index (χ3v) is 11.1. The van der Waals surface area contributed by atoms with Crippen LogP contribution in [0.5, 0.6) is 11.5 Å². The van der Waals surface area contributed by atoms with Gasteiger partial charge in [0, 0.05) is 37.8 Å². The molecule has 0 amide bonds. The number of hydrogen-bond acceptors (Lipinski definition) is 14. The van der Waals surface area contributed by atoms with Crippen molar-refractivity contribution in [1.82, 2.24) is 0 Å². The van der Waals surface area contributed by atoms with Gasteiger partial charge >= 0.3 is 23.9 Å². The third kappa shape index (κ3) is 13.1. The van der Waals surface area contributed by atoms with Crippen molar-refractivity contribution in [2.45, 2.75) is 88.0 Å². The molecule has 0 N–H and O–H groups in total. The molecule has 0 unspecified atom stereocenters. The van der Waals surface area contributed by atoms with E-state index >= 15 is 0 Å². The molecule has 0 radical (unpaired) electrons. The number of hydrogen-bond donors (Lipinski definition) is 0. The number of carbonyl (C=O) groups excluding carboxylic acids is 4. The summed E-state index contributed by atoms with van der Waals surface area (Å²) in [6, 6.07) is 14.1. The molecule has 0 aromatic heterocycles. The van der Waals surface area contributed by atoms with Gasteiger partial charge in [-0.2, -0.15) is 0 Å². The number of carbonyl (C=O) groups is 4. The second kappa shape index (κ2) is 23.3. The standard InChI is InChI=1S/C47H55ClO14/c1-28(25-42(51)56-6)11-22-35(55-5)45-39-27-38(60-45)44(57-7)34(48)9-8-10-36(58-40(49)23-16-30-12-18-32(53-3)19-13-30)46(37-26-29(2)43(59-37)47(52)61-39)62-41(50)24-17-31-14-20-33(54-4)21-15-31/h8-24,28-29,35-39,43-46H,25-27H2,1-7H3/b10-8+,22-11+,23-16+,24-17+,34-9+/t28-,29+,35+,36+,37+,38+,39-,43+,44+,45-,46+/m0/s1. The van der Waals surface area contributed by atoms with Crippen LogP contribution in [0, 0.1) is 11.8 Å². The van der Waals surface area contributed by atoms with Gasteiger partial charge in [-0.15, -0.1) is 0 Å². The summed E-state index contributed by atoms with van der Waals surface area (Å²) in [5.74, 6) is -1.81. The van der Waals surface area contributed by atoms with Crippen LogP contribution in [0.2, 0.25) is 0 Å². The van der Waals surface area contributed by atoms with Crippen LogP contribution in [0.1, 0.15) is 44.2 Å². The Bertz CT molecular complexity index is 1970. The molecule has 15 heteroatoms. The molecule has 11 atom stereocenters. The van der Waals surface area contributed by atoms with Crippen LogP contribution in [-0.4, -0.2) is 114 Å². The predicted molar refractivity (Wildman–Crippen MR) is 229 cm³/mol. The molecule has 62 heavy (non-hydrogen) atoms. The van der Waals surface area contributed by atoms with Gasteiger partial charge in [-0.05, 0) is 78.0 Å². The van der Waals surface area contributed by atoms with Gasteiger partial charge in [-0.25, -0.2) is 14.4 Å². The molecule has 0 aliphatic carbocycles. The van der Waals surface area contributed by atoms with Gasteiger partial charge in [0.1, 0.15) is 42.0 Å². The molecule has 3 aliphatic heterocycles. The average Bonchev–Trinajstić information content (AvgIpc) is 3.87. The minimum absolute atomic E-state index is 0.156. The Balaban J connectivity index is 1.49. The largest absolute Gasteiger partial charge is 0.497 e. The van der Waals surface area contributed by atoms with Gasteiger partial charge in [-0.3, -0.25) is 4.79 Å². The molecule has 2 saturated heterocycles. The summed E-state index contributed by atoms with van der Waals surface area (Å²) in [5.41, 5.74) is 1.41. The molecule has 2 aromatic rings. The summed E-state index contributed by atoms with van der Waals surface area (Å²) in [4.78, 5) is 53.1. The zero-order chi connectivity index (χ0) is 44.8. The van der Waals surface area contributed by atoms with Gasteiger partial charge < -0.3 is 47.4 Å². The second-order valence-electron chi connectivity index (χ2n) is 15.1. The number of fused-ring (bicyclic) bond motifs is 4. The van der Waals surface area contributed by atoms with Crippen molar-refractivity contribution in [1.29, 1.82) is 0 Å². The van der Waals surface area contributed by atoms with Crippen LogP contribution >= 0.6 is 11.6 Å². The first-order valence-corrected chi connectivity index (χ1v) is 20.7. The first-order valence-electron chi connectivity index (χ1n) is 20.3. The second-order valence-corrected chi connectivity index (χ2v) is 15.5. The van der Waals surface area contributed by atoms with E-state index in [1.54, 1.807) is 93.1 Å². The van der Waals surface area contributed by atoms with Crippen LogP contribution in [0.15, 0.2) is 96.1 Å². The first-order chi connectivity index (χ1) is 29.8. The summed E-state index contributed by atoms with van der Waals surface area (Å²) in [6.07, 6.45) is 6.14. The Kier molecular flexibility index (Phi) is 17.9. The van der Waals surface area contributed by atoms with Crippen LogP contribution in [0.4, 0.5) is 0 Å². The van der Waals surface area contributed by atoms with E-state index in [2.05, 4.69) is 0 Å². The van der Waals surface area contributed by atoms with Gasteiger partial charge in [-0.1, -0.05) is 67.9 Å². The molecule has 3 aliphatic rings. The van der Waals surface area contributed by atoms with Gasteiger partial charge in [0.2, 0.25) is 0 Å². The lowest BCUT2D eigenvalue weighted by Gasteiger charge is -2.29. The first kappa shape index (κ1) is 47.8. The maximum absolute atomic E-state index is 14.1. The Morgan fingerprint density at radius 3 is 1.98 bits per heavy atom. The van der Waals surface area contributed by atoms with E-state index in [1.807, 2.05) is 19.9 Å². The van der Waals surface area contributed by atoms with E-state index in [-0.39, 0.29) is 36.2 Å². The predicted octanol–water partition coefficient (Wildman–Crippen LogP) is 6.59. The number of halogens is 1. The highest BCUT2D eigenvalue weighted by Crippen LogP contribution is 2.37. The Hall–Kier alpha value is -5.25. The fourth-order valence-electron chi connectivity index (χ4n) is 7.40. The highest BCUT2D eigenvalue weighted by Gasteiger charge is 2.50. The molecule has 2 aromatic carbocycles. The normalized spacial score (nSPS) is 28.9. The lowest BCUT2D eigenvalue weighted by Crippen LogP contribution is -2.43.